The minimum absolute atomic E-state index is 0.435. The third-order valence-corrected chi connectivity index (χ3v) is 3.85. The number of aliphatic hydroxyl groups is 1. The molecule has 0 amide bonds. The minimum atomic E-state index is -0.435. The molecule has 2 rings (SSSR count). The van der Waals surface area contributed by atoms with Crippen LogP contribution in [0, 0.1) is 0 Å². The second-order valence-corrected chi connectivity index (χ2v) is 5.28. The Hall–Kier alpha value is -1.17. The summed E-state index contributed by atoms with van der Waals surface area (Å²) in [6.45, 7) is 6.38. The van der Waals surface area contributed by atoms with E-state index in [-0.39, 0.29) is 0 Å². The van der Waals surface area contributed by atoms with Gasteiger partial charge in [0.05, 0.1) is 17.5 Å². The molecule has 0 radical (unpaired) electrons. The van der Waals surface area contributed by atoms with Gasteiger partial charge in [0.2, 0.25) is 0 Å². The molecule has 0 saturated heterocycles. The van der Waals surface area contributed by atoms with Crippen molar-refractivity contribution in [3.8, 4) is 0 Å². The number of aliphatic hydroxyl groups excluding tert-OH is 1. The Morgan fingerprint density at radius 2 is 2.32 bits per heavy atom. The van der Waals surface area contributed by atoms with Crippen molar-refractivity contribution in [1.29, 1.82) is 0 Å². The van der Waals surface area contributed by atoms with E-state index in [0.717, 1.165) is 30.8 Å². The Balaban J connectivity index is 1.87. The number of nitrogens with one attached hydrogen (secondary N) is 1. The first kappa shape index (κ1) is 14.2. The van der Waals surface area contributed by atoms with Crippen LogP contribution in [0.4, 0.5) is 0 Å². The lowest BCUT2D eigenvalue weighted by atomic mass is 10.2. The average molecular weight is 279 g/mol. The lowest BCUT2D eigenvalue weighted by Gasteiger charge is -2.11. The van der Waals surface area contributed by atoms with Crippen LogP contribution in [0.2, 0.25) is 0 Å². The van der Waals surface area contributed by atoms with E-state index >= 15 is 0 Å². The highest BCUT2D eigenvalue weighted by Crippen LogP contribution is 2.15. The molecule has 104 valence electrons. The summed E-state index contributed by atoms with van der Waals surface area (Å²) in [6.07, 6.45) is 0.521. The number of nitrogens with zero attached hydrogens (tertiary/aromatic N) is 2. The predicted octanol–water partition coefficient (Wildman–Crippen LogP) is 2.35. The maximum atomic E-state index is 9.99. The van der Waals surface area contributed by atoms with Crippen LogP contribution in [0.25, 0.3) is 0 Å². The van der Waals surface area contributed by atoms with Crippen LogP contribution >= 0.6 is 11.3 Å². The number of aromatic nitrogens is 2. The molecule has 4 nitrogen and oxygen atoms in total. The smallest absolute Gasteiger partial charge is 0.0922 e. The highest BCUT2D eigenvalue weighted by Gasteiger charge is 2.09. The van der Waals surface area contributed by atoms with Crippen molar-refractivity contribution in [3.05, 3.63) is 39.8 Å². The van der Waals surface area contributed by atoms with Crippen molar-refractivity contribution >= 4 is 11.3 Å². The standard InChI is InChI=1S/C14H21N3OS/c1-3-12-7-13(17(4-2)16-12)8-15-9-14(18)11-5-6-19-10-11/h5-7,10,14-15,18H,3-4,8-9H2,1-2H3. The summed E-state index contributed by atoms with van der Waals surface area (Å²) >= 11 is 1.61. The number of hydrogen-bond donors (Lipinski definition) is 2. The molecule has 2 N–H and O–H groups in total. The van der Waals surface area contributed by atoms with E-state index in [1.54, 1.807) is 11.3 Å². The van der Waals surface area contributed by atoms with Gasteiger partial charge in [-0.2, -0.15) is 16.4 Å². The van der Waals surface area contributed by atoms with Crippen LogP contribution < -0.4 is 5.32 Å². The largest absolute Gasteiger partial charge is 0.387 e. The van der Waals surface area contributed by atoms with Gasteiger partial charge in [-0.15, -0.1) is 0 Å². The minimum Gasteiger partial charge on any atom is -0.387 e. The van der Waals surface area contributed by atoms with Crippen LogP contribution in [0.1, 0.15) is 36.9 Å². The van der Waals surface area contributed by atoms with Gasteiger partial charge in [-0.1, -0.05) is 6.92 Å². The second-order valence-electron chi connectivity index (χ2n) is 4.50. The molecule has 2 aromatic rings. The van der Waals surface area contributed by atoms with Crippen LogP contribution in [0.3, 0.4) is 0 Å². The van der Waals surface area contributed by atoms with Crippen LogP contribution in [-0.4, -0.2) is 21.4 Å². The Morgan fingerprint density at radius 3 is 2.95 bits per heavy atom. The summed E-state index contributed by atoms with van der Waals surface area (Å²) in [4.78, 5) is 0. The zero-order chi connectivity index (χ0) is 13.7. The maximum Gasteiger partial charge on any atom is 0.0922 e. The molecule has 0 aliphatic carbocycles. The summed E-state index contributed by atoms with van der Waals surface area (Å²) in [5.74, 6) is 0. The SMILES string of the molecule is CCc1cc(CNCC(O)c2ccsc2)n(CC)n1. The van der Waals surface area contributed by atoms with Crippen molar-refractivity contribution in [2.75, 3.05) is 6.54 Å². The molecule has 0 saturated carbocycles. The first-order chi connectivity index (χ1) is 9.24. The highest BCUT2D eigenvalue weighted by atomic mass is 32.1. The maximum absolute atomic E-state index is 9.99. The monoisotopic (exact) mass is 279 g/mol. The molecule has 5 heteroatoms. The third-order valence-electron chi connectivity index (χ3n) is 3.15. The molecule has 1 unspecified atom stereocenters. The van der Waals surface area contributed by atoms with E-state index in [1.807, 2.05) is 21.5 Å². The fourth-order valence-corrected chi connectivity index (χ4v) is 2.73. The second kappa shape index (κ2) is 6.84. The van der Waals surface area contributed by atoms with Gasteiger partial charge >= 0.3 is 0 Å². The van der Waals surface area contributed by atoms with Gasteiger partial charge in [-0.3, -0.25) is 4.68 Å². The molecule has 0 aromatic carbocycles. The Kier molecular flexibility index (Phi) is 5.13. The van der Waals surface area contributed by atoms with Crippen molar-refractivity contribution in [2.45, 2.75) is 39.5 Å². The average Bonchev–Trinajstić information content (AvgIpc) is 3.07. The number of thiophene rings is 1. The molecule has 0 bridgehead atoms. The van der Waals surface area contributed by atoms with Gasteiger partial charge < -0.3 is 10.4 Å². The normalized spacial score (nSPS) is 12.8. The van der Waals surface area contributed by atoms with Gasteiger partial charge in [0.1, 0.15) is 0 Å². The number of hydrogen-bond acceptors (Lipinski definition) is 4. The molecule has 0 aliphatic heterocycles. The van der Waals surface area contributed by atoms with E-state index in [2.05, 4.69) is 30.3 Å². The van der Waals surface area contributed by atoms with Crippen molar-refractivity contribution < 1.29 is 5.11 Å². The number of rotatable bonds is 7. The van der Waals surface area contributed by atoms with Crippen molar-refractivity contribution in [2.24, 2.45) is 0 Å². The zero-order valence-electron chi connectivity index (χ0n) is 11.5. The van der Waals surface area contributed by atoms with Crippen LogP contribution in [0.15, 0.2) is 22.9 Å². The fourth-order valence-electron chi connectivity index (χ4n) is 2.02. The highest BCUT2D eigenvalue weighted by molar-refractivity contribution is 7.07. The van der Waals surface area contributed by atoms with Gasteiger partial charge in [-0.05, 0) is 41.8 Å². The molecule has 2 aromatic heterocycles. The van der Waals surface area contributed by atoms with E-state index in [1.165, 1.54) is 5.69 Å². The molecular formula is C14H21N3OS. The topological polar surface area (TPSA) is 50.1 Å². The lowest BCUT2D eigenvalue weighted by molar-refractivity contribution is 0.174. The van der Waals surface area contributed by atoms with Crippen molar-refractivity contribution in [1.82, 2.24) is 15.1 Å². The lowest BCUT2D eigenvalue weighted by Crippen LogP contribution is -2.22. The van der Waals surface area contributed by atoms with Crippen molar-refractivity contribution in [3.63, 3.8) is 0 Å². The van der Waals surface area contributed by atoms with E-state index in [4.69, 9.17) is 0 Å². The molecular weight excluding hydrogens is 258 g/mol. The van der Waals surface area contributed by atoms with E-state index < -0.39 is 6.10 Å². The summed E-state index contributed by atoms with van der Waals surface area (Å²) in [7, 11) is 0. The van der Waals surface area contributed by atoms with Crippen LogP contribution in [-0.2, 0) is 19.5 Å². The Morgan fingerprint density at radius 1 is 1.47 bits per heavy atom. The number of aryl methyl sites for hydroxylation is 2. The predicted molar refractivity (Wildman–Crippen MR) is 78.3 cm³/mol. The molecule has 0 aliphatic rings. The quantitative estimate of drug-likeness (QED) is 0.818. The molecule has 2 heterocycles. The molecule has 1 atom stereocenters. The van der Waals surface area contributed by atoms with Gasteiger partial charge in [0.15, 0.2) is 0 Å². The molecule has 0 fully saturated rings. The summed E-state index contributed by atoms with van der Waals surface area (Å²) in [6, 6.07) is 4.09. The van der Waals surface area contributed by atoms with Gasteiger partial charge in [-0.25, -0.2) is 0 Å². The first-order valence-electron chi connectivity index (χ1n) is 6.71. The summed E-state index contributed by atoms with van der Waals surface area (Å²) in [5.41, 5.74) is 3.28. The van der Waals surface area contributed by atoms with Gasteiger partial charge in [0.25, 0.3) is 0 Å². The first-order valence-corrected chi connectivity index (χ1v) is 7.65. The van der Waals surface area contributed by atoms with E-state index in [0.29, 0.717) is 6.54 Å². The van der Waals surface area contributed by atoms with Crippen LogP contribution in [0.5, 0.6) is 0 Å². The Labute approximate surface area is 118 Å². The van der Waals surface area contributed by atoms with Gasteiger partial charge in [0, 0.05) is 19.6 Å². The van der Waals surface area contributed by atoms with E-state index in [9.17, 15) is 5.11 Å². The Bertz CT molecular complexity index is 493. The molecule has 19 heavy (non-hydrogen) atoms. The zero-order valence-corrected chi connectivity index (χ0v) is 12.3. The summed E-state index contributed by atoms with van der Waals surface area (Å²) < 4.78 is 2.02. The fraction of sp³-hybridized carbons (Fsp3) is 0.500. The molecule has 0 spiro atoms. The third kappa shape index (κ3) is 3.65. The summed E-state index contributed by atoms with van der Waals surface area (Å²) in [5, 5.41) is 21.8.